The fourth-order valence-electron chi connectivity index (χ4n) is 3.63. The normalized spacial score (nSPS) is 21.0. The van der Waals surface area contributed by atoms with Crippen molar-refractivity contribution in [1.29, 1.82) is 0 Å². The number of esters is 1. The molecule has 1 fully saturated rings. The van der Waals surface area contributed by atoms with Gasteiger partial charge in [-0.25, -0.2) is 0 Å². The molecule has 1 aliphatic rings. The molecule has 0 aliphatic carbocycles. The molecule has 0 spiro atoms. The molecule has 0 saturated carbocycles. The van der Waals surface area contributed by atoms with Crippen LogP contribution in [0.15, 0.2) is 24.3 Å². The van der Waals surface area contributed by atoms with E-state index in [1.807, 2.05) is 0 Å². The maximum Gasteiger partial charge on any atom is 0.367 e. The van der Waals surface area contributed by atoms with Crippen molar-refractivity contribution in [3.05, 3.63) is 24.3 Å². The molecule has 7 heteroatoms. The van der Waals surface area contributed by atoms with Crippen molar-refractivity contribution in [2.45, 2.75) is 51.3 Å². The van der Waals surface area contributed by atoms with Crippen LogP contribution in [-0.2, 0) is 18.4 Å². The number of rotatable bonds is 7. The van der Waals surface area contributed by atoms with Crippen molar-refractivity contribution in [3.63, 3.8) is 0 Å². The van der Waals surface area contributed by atoms with Crippen LogP contribution in [0.4, 0.5) is 0 Å². The SMILES string of the molecule is CCCC1CCC[Si](OC)(OC)C1OC.COc1ccc(OC(C)=O)cc1. The van der Waals surface area contributed by atoms with E-state index in [4.69, 9.17) is 23.1 Å². The highest BCUT2D eigenvalue weighted by Crippen LogP contribution is 2.37. The summed E-state index contributed by atoms with van der Waals surface area (Å²) in [7, 11) is 4.84. The van der Waals surface area contributed by atoms with Gasteiger partial charge in [0.2, 0.25) is 0 Å². The zero-order chi connectivity index (χ0) is 20.3. The standard InChI is InChI=1S/C11H24O3Si.C9H10O3/c1-5-7-10-8-6-9-15(13-3,14-4)11(10)12-2;1-7(10)12-9-5-3-8(11-2)4-6-9/h10-11H,5-9H2,1-4H3;3-6H,1-2H3. The Labute approximate surface area is 164 Å². The van der Waals surface area contributed by atoms with Crippen molar-refractivity contribution >= 4 is 14.5 Å². The van der Waals surface area contributed by atoms with E-state index < -0.39 is 8.56 Å². The summed E-state index contributed by atoms with van der Waals surface area (Å²) in [5, 5.41) is 0. The van der Waals surface area contributed by atoms with Crippen LogP contribution >= 0.6 is 0 Å². The second kappa shape index (κ2) is 12.1. The van der Waals surface area contributed by atoms with E-state index in [2.05, 4.69) is 6.92 Å². The highest BCUT2D eigenvalue weighted by molar-refractivity contribution is 6.69. The Morgan fingerprint density at radius 2 is 1.67 bits per heavy atom. The summed E-state index contributed by atoms with van der Waals surface area (Å²) < 4.78 is 26.8. The van der Waals surface area contributed by atoms with Crippen molar-refractivity contribution in [3.8, 4) is 11.5 Å². The molecule has 0 bridgehead atoms. The van der Waals surface area contributed by atoms with E-state index in [0.29, 0.717) is 11.7 Å². The Hall–Kier alpha value is -1.41. The Bertz CT molecular complexity index is 542. The minimum absolute atomic E-state index is 0.209. The molecule has 2 unspecified atom stereocenters. The van der Waals surface area contributed by atoms with Crippen LogP contribution < -0.4 is 9.47 Å². The lowest BCUT2D eigenvalue weighted by Gasteiger charge is -2.42. The third-order valence-corrected chi connectivity index (χ3v) is 8.89. The topological polar surface area (TPSA) is 63.2 Å². The van der Waals surface area contributed by atoms with E-state index in [1.54, 1.807) is 52.7 Å². The number of carbonyl (C=O) groups is 1. The Morgan fingerprint density at radius 1 is 1.07 bits per heavy atom. The molecule has 2 rings (SSSR count). The largest absolute Gasteiger partial charge is 0.497 e. The van der Waals surface area contributed by atoms with Gasteiger partial charge in [0.25, 0.3) is 0 Å². The fourth-order valence-corrected chi connectivity index (χ4v) is 7.06. The highest BCUT2D eigenvalue weighted by atomic mass is 28.4. The van der Waals surface area contributed by atoms with Gasteiger partial charge < -0.3 is 23.1 Å². The molecular weight excluding hydrogens is 364 g/mol. The predicted molar refractivity (Wildman–Crippen MR) is 107 cm³/mol. The number of hydrogen-bond donors (Lipinski definition) is 0. The smallest absolute Gasteiger partial charge is 0.367 e. The van der Waals surface area contributed by atoms with Gasteiger partial charge in [0.1, 0.15) is 17.2 Å². The first-order valence-electron chi connectivity index (χ1n) is 9.41. The maximum atomic E-state index is 10.5. The molecule has 1 heterocycles. The van der Waals surface area contributed by atoms with Gasteiger partial charge >= 0.3 is 14.5 Å². The number of carbonyl (C=O) groups excluding carboxylic acids is 1. The van der Waals surface area contributed by atoms with E-state index in [0.717, 1.165) is 11.8 Å². The summed E-state index contributed by atoms with van der Waals surface area (Å²) in [6.45, 7) is 3.59. The quantitative estimate of drug-likeness (QED) is 0.391. The molecule has 154 valence electrons. The monoisotopic (exact) mass is 398 g/mol. The Balaban J connectivity index is 0.000000277. The predicted octanol–water partition coefficient (Wildman–Crippen LogP) is 4.11. The minimum atomic E-state index is -2.08. The fraction of sp³-hybridized carbons (Fsp3) is 0.650. The lowest BCUT2D eigenvalue weighted by molar-refractivity contribution is -0.131. The lowest BCUT2D eigenvalue weighted by Crippen LogP contribution is -2.58. The summed E-state index contributed by atoms with van der Waals surface area (Å²) in [4.78, 5) is 10.5. The average molecular weight is 399 g/mol. The molecule has 27 heavy (non-hydrogen) atoms. The summed E-state index contributed by atoms with van der Waals surface area (Å²) in [5.41, 5.74) is 0.209. The van der Waals surface area contributed by atoms with Gasteiger partial charge in [-0.3, -0.25) is 4.79 Å². The van der Waals surface area contributed by atoms with Crippen LogP contribution in [0.5, 0.6) is 11.5 Å². The van der Waals surface area contributed by atoms with Crippen LogP contribution in [0, 0.1) is 5.92 Å². The third-order valence-electron chi connectivity index (χ3n) is 4.89. The highest BCUT2D eigenvalue weighted by Gasteiger charge is 2.50. The zero-order valence-corrected chi connectivity index (χ0v) is 18.4. The molecular formula is C20H34O6Si. The van der Waals surface area contributed by atoms with Gasteiger partial charge in [0.05, 0.1) is 7.11 Å². The first-order valence-corrected chi connectivity index (χ1v) is 11.5. The summed E-state index contributed by atoms with van der Waals surface area (Å²) in [5.74, 6) is 1.58. The third kappa shape index (κ3) is 6.92. The molecule has 1 saturated heterocycles. The Morgan fingerprint density at radius 3 is 2.11 bits per heavy atom. The molecule has 6 nitrogen and oxygen atoms in total. The first kappa shape index (κ1) is 23.6. The van der Waals surface area contributed by atoms with Gasteiger partial charge in [-0.1, -0.05) is 19.8 Å². The van der Waals surface area contributed by atoms with Crippen molar-refractivity contribution < 1.29 is 27.9 Å². The number of methoxy groups -OCH3 is 2. The van der Waals surface area contributed by atoms with Crippen LogP contribution in [-0.4, -0.2) is 48.7 Å². The van der Waals surface area contributed by atoms with Gasteiger partial charge in [-0.15, -0.1) is 0 Å². The first-order chi connectivity index (χ1) is 13.0. The minimum Gasteiger partial charge on any atom is -0.497 e. The Kier molecular flexibility index (Phi) is 10.6. The van der Waals surface area contributed by atoms with Gasteiger partial charge in [0.15, 0.2) is 0 Å². The summed E-state index contributed by atoms with van der Waals surface area (Å²) >= 11 is 0. The maximum absolute atomic E-state index is 10.5. The van der Waals surface area contributed by atoms with Crippen molar-refractivity contribution in [2.24, 2.45) is 5.92 Å². The molecule has 2 atom stereocenters. The van der Waals surface area contributed by atoms with Crippen molar-refractivity contribution in [2.75, 3.05) is 28.4 Å². The van der Waals surface area contributed by atoms with Crippen LogP contribution in [0.1, 0.15) is 39.5 Å². The van der Waals surface area contributed by atoms with Gasteiger partial charge in [0, 0.05) is 28.3 Å². The van der Waals surface area contributed by atoms with E-state index >= 15 is 0 Å². The van der Waals surface area contributed by atoms with Crippen molar-refractivity contribution in [1.82, 2.24) is 0 Å². The van der Waals surface area contributed by atoms with Crippen LogP contribution in [0.3, 0.4) is 0 Å². The number of ether oxygens (including phenoxy) is 3. The second-order valence-corrected chi connectivity index (χ2v) is 10.1. The van der Waals surface area contributed by atoms with E-state index in [-0.39, 0.29) is 11.7 Å². The molecule has 0 N–H and O–H groups in total. The molecule has 1 aromatic carbocycles. The van der Waals surface area contributed by atoms with E-state index in [9.17, 15) is 4.79 Å². The van der Waals surface area contributed by atoms with Gasteiger partial charge in [-0.05, 0) is 49.1 Å². The number of hydrogen-bond acceptors (Lipinski definition) is 6. The summed E-state index contributed by atoms with van der Waals surface area (Å²) in [6, 6.07) is 7.90. The lowest BCUT2D eigenvalue weighted by atomic mass is 9.98. The molecule has 0 amide bonds. The molecule has 0 aromatic heterocycles. The van der Waals surface area contributed by atoms with Gasteiger partial charge in [-0.2, -0.15) is 0 Å². The van der Waals surface area contributed by atoms with Crippen LogP contribution in [0.2, 0.25) is 6.04 Å². The second-order valence-electron chi connectivity index (χ2n) is 6.59. The zero-order valence-electron chi connectivity index (χ0n) is 17.4. The van der Waals surface area contributed by atoms with E-state index in [1.165, 1.54) is 32.6 Å². The molecule has 0 radical (unpaired) electrons. The molecule has 1 aromatic rings. The van der Waals surface area contributed by atoms with Crippen LogP contribution in [0.25, 0.3) is 0 Å². The summed E-state index contributed by atoms with van der Waals surface area (Å²) in [6.07, 6.45) is 4.91. The molecule has 1 aliphatic heterocycles. The number of benzene rings is 1. The average Bonchev–Trinajstić information content (AvgIpc) is 2.68.